The van der Waals surface area contributed by atoms with Crippen molar-refractivity contribution in [3.8, 4) is 11.5 Å². The van der Waals surface area contributed by atoms with E-state index in [1.165, 1.54) is 14.2 Å². The van der Waals surface area contributed by atoms with Gasteiger partial charge in [-0.25, -0.2) is 4.90 Å². The lowest BCUT2D eigenvalue weighted by atomic mass is 10.0. The molecule has 1 aliphatic rings. The van der Waals surface area contributed by atoms with Gasteiger partial charge in [0.2, 0.25) is 0 Å². The fourth-order valence-electron chi connectivity index (χ4n) is 3.91. The molecule has 4 rings (SSSR count). The van der Waals surface area contributed by atoms with Gasteiger partial charge in [-0.2, -0.15) is 0 Å². The van der Waals surface area contributed by atoms with E-state index < -0.39 is 11.8 Å². The van der Waals surface area contributed by atoms with Crippen molar-refractivity contribution < 1.29 is 19.1 Å². The molecule has 6 nitrogen and oxygen atoms in total. The summed E-state index contributed by atoms with van der Waals surface area (Å²) in [5.41, 5.74) is 5.44. The van der Waals surface area contributed by atoms with Crippen LogP contribution in [0.3, 0.4) is 0 Å². The zero-order chi connectivity index (χ0) is 23.7. The van der Waals surface area contributed by atoms with Gasteiger partial charge in [-0.15, -0.1) is 0 Å². The quantitative estimate of drug-likeness (QED) is 0.543. The van der Waals surface area contributed by atoms with Crippen LogP contribution in [0.15, 0.2) is 66.4 Å². The van der Waals surface area contributed by atoms with Gasteiger partial charge < -0.3 is 14.8 Å². The average molecular weight is 443 g/mol. The first-order valence-electron chi connectivity index (χ1n) is 10.6. The Hall–Kier alpha value is -4.06. The van der Waals surface area contributed by atoms with Crippen LogP contribution in [0.4, 0.5) is 11.4 Å². The SMILES string of the molecule is COc1ccc(OC)c(N2C(=O)C(Nc3ccc(C)cc3C)=C(c3ccc(C)cc3)C2=O)c1. The van der Waals surface area contributed by atoms with Gasteiger partial charge in [0, 0.05) is 11.8 Å². The Bertz CT molecular complexity index is 1280. The van der Waals surface area contributed by atoms with E-state index in [0.29, 0.717) is 28.3 Å². The molecule has 3 aromatic rings. The lowest BCUT2D eigenvalue weighted by molar-refractivity contribution is -0.120. The molecule has 0 saturated carbocycles. The third-order valence-corrected chi connectivity index (χ3v) is 5.69. The standard InChI is InChI=1S/C27H26N2O4/c1-16-6-9-19(10-7-16)24-25(28-21-12-8-17(2)14-18(21)3)27(31)29(26(24)30)22-15-20(32-4)11-13-23(22)33-5/h6-15,28H,1-5H3. The summed E-state index contributed by atoms with van der Waals surface area (Å²) in [6, 6.07) is 18.5. The van der Waals surface area contributed by atoms with Crippen molar-refractivity contribution in [1.29, 1.82) is 0 Å². The Morgan fingerprint density at radius 2 is 1.45 bits per heavy atom. The molecule has 0 saturated heterocycles. The molecule has 2 amide bonds. The van der Waals surface area contributed by atoms with Gasteiger partial charge in [0.25, 0.3) is 11.8 Å². The molecule has 168 valence electrons. The fraction of sp³-hybridized carbons (Fsp3) is 0.185. The highest BCUT2D eigenvalue weighted by atomic mass is 16.5. The number of carbonyl (C=O) groups is 2. The maximum atomic E-state index is 13.7. The Kier molecular flexibility index (Phi) is 5.92. The molecule has 0 radical (unpaired) electrons. The molecule has 0 unspecified atom stereocenters. The highest BCUT2D eigenvalue weighted by Gasteiger charge is 2.41. The number of rotatable bonds is 6. The molecule has 1 N–H and O–H groups in total. The Labute approximate surface area is 193 Å². The smallest absolute Gasteiger partial charge is 0.282 e. The van der Waals surface area contributed by atoms with E-state index in [2.05, 4.69) is 5.32 Å². The molecule has 0 fully saturated rings. The first-order valence-corrected chi connectivity index (χ1v) is 10.6. The summed E-state index contributed by atoms with van der Waals surface area (Å²) in [5, 5.41) is 3.24. The Morgan fingerprint density at radius 1 is 0.758 bits per heavy atom. The topological polar surface area (TPSA) is 67.9 Å². The number of hydrogen-bond acceptors (Lipinski definition) is 5. The summed E-state index contributed by atoms with van der Waals surface area (Å²) in [7, 11) is 3.03. The zero-order valence-corrected chi connectivity index (χ0v) is 19.4. The van der Waals surface area contributed by atoms with Crippen LogP contribution >= 0.6 is 0 Å². The number of methoxy groups -OCH3 is 2. The number of nitrogens with zero attached hydrogens (tertiary/aromatic N) is 1. The van der Waals surface area contributed by atoms with E-state index in [9.17, 15) is 9.59 Å². The first kappa shape index (κ1) is 22.1. The summed E-state index contributed by atoms with van der Waals surface area (Å²) in [6.07, 6.45) is 0. The first-order chi connectivity index (χ1) is 15.8. The fourth-order valence-corrected chi connectivity index (χ4v) is 3.91. The van der Waals surface area contributed by atoms with Crippen molar-refractivity contribution in [1.82, 2.24) is 0 Å². The van der Waals surface area contributed by atoms with Crippen molar-refractivity contribution in [3.63, 3.8) is 0 Å². The van der Waals surface area contributed by atoms with Gasteiger partial charge >= 0.3 is 0 Å². The predicted octanol–water partition coefficient (Wildman–Crippen LogP) is 5.03. The molecule has 0 aromatic heterocycles. The van der Waals surface area contributed by atoms with Crippen LogP contribution in [0.5, 0.6) is 11.5 Å². The molecule has 1 aliphatic heterocycles. The number of anilines is 2. The van der Waals surface area contributed by atoms with Crippen LogP contribution < -0.4 is 19.7 Å². The van der Waals surface area contributed by atoms with Gasteiger partial charge in [-0.05, 0) is 50.1 Å². The second-order valence-electron chi connectivity index (χ2n) is 8.04. The molecule has 3 aromatic carbocycles. The van der Waals surface area contributed by atoms with Crippen molar-refractivity contribution >= 4 is 28.8 Å². The van der Waals surface area contributed by atoms with Gasteiger partial charge in [0.05, 0.1) is 25.5 Å². The molecule has 1 heterocycles. The molecule has 0 aliphatic carbocycles. The highest BCUT2D eigenvalue weighted by molar-refractivity contribution is 6.46. The van der Waals surface area contributed by atoms with Crippen LogP contribution in [0, 0.1) is 20.8 Å². The zero-order valence-electron chi connectivity index (χ0n) is 19.4. The Morgan fingerprint density at radius 3 is 2.09 bits per heavy atom. The summed E-state index contributed by atoms with van der Waals surface area (Å²) in [4.78, 5) is 28.6. The minimum atomic E-state index is -0.456. The van der Waals surface area contributed by atoms with Crippen molar-refractivity contribution in [2.75, 3.05) is 24.4 Å². The molecule has 0 spiro atoms. The number of ether oxygens (including phenoxy) is 2. The summed E-state index contributed by atoms with van der Waals surface area (Å²) >= 11 is 0. The van der Waals surface area contributed by atoms with Crippen LogP contribution in [-0.2, 0) is 9.59 Å². The average Bonchev–Trinajstić information content (AvgIpc) is 3.05. The number of hydrogen-bond donors (Lipinski definition) is 1. The number of aryl methyl sites for hydroxylation is 3. The minimum absolute atomic E-state index is 0.223. The molecule has 6 heteroatoms. The van der Waals surface area contributed by atoms with E-state index in [-0.39, 0.29) is 5.70 Å². The van der Waals surface area contributed by atoms with Crippen molar-refractivity contribution in [2.24, 2.45) is 0 Å². The number of amides is 2. The lowest BCUT2D eigenvalue weighted by Gasteiger charge is -2.19. The van der Waals surface area contributed by atoms with Gasteiger partial charge in [0.1, 0.15) is 17.2 Å². The summed E-state index contributed by atoms with van der Waals surface area (Å²) < 4.78 is 10.8. The third-order valence-electron chi connectivity index (χ3n) is 5.69. The van der Waals surface area contributed by atoms with E-state index in [1.54, 1.807) is 18.2 Å². The van der Waals surface area contributed by atoms with Crippen LogP contribution in [0.25, 0.3) is 5.57 Å². The molecule has 33 heavy (non-hydrogen) atoms. The third kappa shape index (κ3) is 4.07. The minimum Gasteiger partial charge on any atom is -0.497 e. The van der Waals surface area contributed by atoms with Gasteiger partial charge in [-0.1, -0.05) is 47.5 Å². The van der Waals surface area contributed by atoms with Crippen LogP contribution in [0.2, 0.25) is 0 Å². The number of imide groups is 1. The maximum Gasteiger partial charge on any atom is 0.282 e. The molecule has 0 bridgehead atoms. The summed E-state index contributed by atoms with van der Waals surface area (Å²) in [6.45, 7) is 5.95. The van der Waals surface area contributed by atoms with E-state index >= 15 is 0 Å². The normalized spacial score (nSPS) is 13.5. The van der Waals surface area contributed by atoms with Crippen LogP contribution in [-0.4, -0.2) is 26.0 Å². The molecule has 0 atom stereocenters. The Balaban J connectivity index is 1.87. The second-order valence-corrected chi connectivity index (χ2v) is 8.04. The number of nitrogens with one attached hydrogen (secondary N) is 1. The van der Waals surface area contributed by atoms with Gasteiger partial charge in [-0.3, -0.25) is 9.59 Å². The lowest BCUT2D eigenvalue weighted by Crippen LogP contribution is -2.32. The number of carbonyl (C=O) groups excluding carboxylic acids is 2. The highest BCUT2D eigenvalue weighted by Crippen LogP contribution is 2.40. The summed E-state index contributed by atoms with van der Waals surface area (Å²) in [5.74, 6) is 0.0253. The molecular weight excluding hydrogens is 416 g/mol. The van der Waals surface area contributed by atoms with E-state index in [0.717, 1.165) is 27.3 Å². The monoisotopic (exact) mass is 442 g/mol. The van der Waals surface area contributed by atoms with Crippen molar-refractivity contribution in [2.45, 2.75) is 20.8 Å². The van der Waals surface area contributed by atoms with Crippen molar-refractivity contribution in [3.05, 3.63) is 88.6 Å². The largest absolute Gasteiger partial charge is 0.497 e. The predicted molar refractivity (Wildman–Crippen MR) is 130 cm³/mol. The maximum absolute atomic E-state index is 13.7. The number of benzene rings is 3. The second kappa shape index (κ2) is 8.82. The van der Waals surface area contributed by atoms with Gasteiger partial charge in [0.15, 0.2) is 0 Å². The van der Waals surface area contributed by atoms with E-state index in [1.807, 2.05) is 63.2 Å². The molecular formula is C27H26N2O4. The van der Waals surface area contributed by atoms with E-state index in [4.69, 9.17) is 9.47 Å². The van der Waals surface area contributed by atoms with Crippen LogP contribution in [0.1, 0.15) is 22.3 Å².